The van der Waals surface area contributed by atoms with Crippen molar-refractivity contribution in [2.24, 2.45) is 0 Å². The standard InChI is InChI=1S/C25H25NO5/c1-16-22(28)19-13-8-14-20(24(19)31-23(16)17-9-4-2-5-10-17)25(29)30-15-21(27)26-18-11-6-3-7-12-18/h2,4-5,8-10,13-14,18H,3,6-7,11-12,15H2,1H3,(H,26,27). The molecule has 1 aromatic heterocycles. The summed E-state index contributed by atoms with van der Waals surface area (Å²) >= 11 is 0. The van der Waals surface area contributed by atoms with Gasteiger partial charge in [-0.25, -0.2) is 4.79 Å². The fourth-order valence-corrected chi connectivity index (χ4v) is 4.06. The van der Waals surface area contributed by atoms with Crippen molar-refractivity contribution < 1.29 is 18.7 Å². The normalized spacial score (nSPS) is 14.4. The van der Waals surface area contributed by atoms with Crippen LogP contribution in [0.1, 0.15) is 48.0 Å². The third kappa shape index (κ3) is 4.53. The molecule has 1 saturated carbocycles. The summed E-state index contributed by atoms with van der Waals surface area (Å²) in [5.74, 6) is -0.605. The molecule has 160 valence electrons. The highest BCUT2D eigenvalue weighted by Crippen LogP contribution is 2.27. The lowest BCUT2D eigenvalue weighted by Crippen LogP contribution is -2.38. The number of fused-ring (bicyclic) bond motifs is 1. The Hall–Kier alpha value is -3.41. The first kappa shape index (κ1) is 20.8. The van der Waals surface area contributed by atoms with E-state index >= 15 is 0 Å². The number of carbonyl (C=O) groups is 2. The molecule has 31 heavy (non-hydrogen) atoms. The molecule has 0 aliphatic heterocycles. The van der Waals surface area contributed by atoms with Crippen LogP contribution < -0.4 is 10.7 Å². The molecule has 6 nitrogen and oxygen atoms in total. The summed E-state index contributed by atoms with van der Waals surface area (Å²) in [6, 6.07) is 14.2. The molecule has 0 radical (unpaired) electrons. The van der Waals surface area contributed by atoms with Gasteiger partial charge in [0.05, 0.1) is 5.39 Å². The molecular formula is C25H25NO5. The highest BCUT2D eigenvalue weighted by Gasteiger charge is 2.21. The van der Waals surface area contributed by atoms with E-state index in [2.05, 4.69) is 5.32 Å². The number of amides is 1. The van der Waals surface area contributed by atoms with Crippen LogP contribution >= 0.6 is 0 Å². The van der Waals surface area contributed by atoms with Gasteiger partial charge in [0.25, 0.3) is 5.91 Å². The van der Waals surface area contributed by atoms with E-state index in [0.29, 0.717) is 16.7 Å². The van der Waals surface area contributed by atoms with E-state index in [1.807, 2.05) is 30.3 Å². The summed E-state index contributed by atoms with van der Waals surface area (Å²) in [7, 11) is 0. The number of hydrogen-bond acceptors (Lipinski definition) is 5. The molecule has 6 heteroatoms. The highest BCUT2D eigenvalue weighted by atomic mass is 16.5. The minimum absolute atomic E-state index is 0.122. The minimum Gasteiger partial charge on any atom is -0.455 e. The largest absolute Gasteiger partial charge is 0.455 e. The summed E-state index contributed by atoms with van der Waals surface area (Å²) in [5, 5.41) is 3.22. The Balaban J connectivity index is 1.58. The summed E-state index contributed by atoms with van der Waals surface area (Å²) in [6.45, 7) is 1.33. The van der Waals surface area contributed by atoms with Gasteiger partial charge in [-0.3, -0.25) is 9.59 Å². The molecule has 1 aliphatic carbocycles. The highest BCUT2D eigenvalue weighted by molar-refractivity contribution is 6.02. The molecule has 4 rings (SSSR count). The molecule has 2 aromatic carbocycles. The molecule has 1 heterocycles. The van der Waals surface area contributed by atoms with Gasteiger partial charge in [-0.15, -0.1) is 0 Å². The molecule has 1 fully saturated rings. The Labute approximate surface area is 180 Å². The zero-order chi connectivity index (χ0) is 21.8. The first-order valence-electron chi connectivity index (χ1n) is 10.6. The average molecular weight is 419 g/mol. The lowest BCUT2D eigenvalue weighted by molar-refractivity contribution is -0.125. The van der Waals surface area contributed by atoms with E-state index in [1.54, 1.807) is 19.1 Å². The quantitative estimate of drug-likeness (QED) is 0.621. The average Bonchev–Trinajstić information content (AvgIpc) is 2.80. The number of benzene rings is 2. The zero-order valence-electron chi connectivity index (χ0n) is 17.5. The first-order valence-corrected chi connectivity index (χ1v) is 10.6. The molecule has 0 bridgehead atoms. The monoisotopic (exact) mass is 419 g/mol. The fourth-order valence-electron chi connectivity index (χ4n) is 4.06. The van der Waals surface area contributed by atoms with E-state index in [0.717, 1.165) is 31.2 Å². The topological polar surface area (TPSA) is 85.6 Å². The Morgan fingerprint density at radius 2 is 1.77 bits per heavy atom. The van der Waals surface area contributed by atoms with Crippen LogP contribution in [0.2, 0.25) is 0 Å². The van der Waals surface area contributed by atoms with Crippen molar-refractivity contribution in [3.05, 3.63) is 69.9 Å². The third-order valence-corrected chi connectivity index (χ3v) is 5.71. The molecule has 1 aliphatic rings. The second-order valence-electron chi connectivity index (χ2n) is 7.91. The fraction of sp³-hybridized carbons (Fsp3) is 0.320. The van der Waals surface area contributed by atoms with Gasteiger partial charge in [-0.05, 0) is 31.9 Å². The Kier molecular flexibility index (Phi) is 6.16. The van der Waals surface area contributed by atoms with Crippen LogP contribution in [0.4, 0.5) is 0 Å². The zero-order valence-corrected chi connectivity index (χ0v) is 17.5. The van der Waals surface area contributed by atoms with Crippen molar-refractivity contribution in [1.82, 2.24) is 5.32 Å². The summed E-state index contributed by atoms with van der Waals surface area (Å²) in [6.07, 6.45) is 5.30. The van der Waals surface area contributed by atoms with Gasteiger partial charge in [-0.1, -0.05) is 55.7 Å². The number of para-hydroxylation sites is 1. The van der Waals surface area contributed by atoms with E-state index < -0.39 is 5.97 Å². The molecule has 1 N–H and O–H groups in total. The van der Waals surface area contributed by atoms with Gasteiger partial charge in [0.1, 0.15) is 11.3 Å². The SMILES string of the molecule is Cc1c(-c2ccccc2)oc2c(C(=O)OCC(=O)NC3CCCCC3)cccc2c1=O. The van der Waals surface area contributed by atoms with Crippen molar-refractivity contribution in [3.8, 4) is 11.3 Å². The maximum absolute atomic E-state index is 12.9. The van der Waals surface area contributed by atoms with Crippen LogP contribution in [0.5, 0.6) is 0 Å². The Morgan fingerprint density at radius 1 is 1.03 bits per heavy atom. The van der Waals surface area contributed by atoms with Crippen molar-refractivity contribution in [2.45, 2.75) is 45.1 Å². The van der Waals surface area contributed by atoms with E-state index in [1.165, 1.54) is 12.5 Å². The van der Waals surface area contributed by atoms with Gasteiger partial charge in [0.2, 0.25) is 0 Å². The molecule has 3 aromatic rings. The predicted octanol–water partition coefficient (Wildman–Crippen LogP) is 4.37. The number of rotatable bonds is 5. The van der Waals surface area contributed by atoms with Gasteiger partial charge >= 0.3 is 5.97 Å². The van der Waals surface area contributed by atoms with E-state index in [-0.39, 0.29) is 35.1 Å². The van der Waals surface area contributed by atoms with E-state index in [9.17, 15) is 14.4 Å². The predicted molar refractivity (Wildman–Crippen MR) is 118 cm³/mol. The molecular weight excluding hydrogens is 394 g/mol. The molecule has 0 spiro atoms. The van der Waals surface area contributed by atoms with Gasteiger partial charge in [0.15, 0.2) is 17.6 Å². The lowest BCUT2D eigenvalue weighted by atomic mass is 9.95. The first-order chi connectivity index (χ1) is 15.0. The van der Waals surface area contributed by atoms with Crippen molar-refractivity contribution in [1.29, 1.82) is 0 Å². The van der Waals surface area contributed by atoms with Crippen LogP contribution in [-0.2, 0) is 9.53 Å². The molecule has 0 atom stereocenters. The summed E-state index contributed by atoms with van der Waals surface area (Å²) in [5.41, 5.74) is 1.29. The maximum Gasteiger partial charge on any atom is 0.342 e. The maximum atomic E-state index is 12.9. The number of esters is 1. The van der Waals surface area contributed by atoms with Crippen LogP contribution in [0.25, 0.3) is 22.3 Å². The van der Waals surface area contributed by atoms with Crippen LogP contribution in [-0.4, -0.2) is 24.5 Å². The Morgan fingerprint density at radius 3 is 2.52 bits per heavy atom. The number of nitrogens with one attached hydrogen (secondary N) is 1. The van der Waals surface area contributed by atoms with Crippen molar-refractivity contribution >= 4 is 22.8 Å². The van der Waals surface area contributed by atoms with Crippen LogP contribution in [0.3, 0.4) is 0 Å². The van der Waals surface area contributed by atoms with Crippen LogP contribution in [0, 0.1) is 6.92 Å². The molecule has 0 saturated heterocycles. The smallest absolute Gasteiger partial charge is 0.342 e. The summed E-state index contributed by atoms with van der Waals surface area (Å²) in [4.78, 5) is 37.8. The third-order valence-electron chi connectivity index (χ3n) is 5.71. The summed E-state index contributed by atoms with van der Waals surface area (Å²) < 4.78 is 11.3. The van der Waals surface area contributed by atoms with E-state index in [4.69, 9.17) is 9.15 Å². The van der Waals surface area contributed by atoms with Gasteiger partial charge in [-0.2, -0.15) is 0 Å². The van der Waals surface area contributed by atoms with Crippen molar-refractivity contribution in [2.75, 3.05) is 6.61 Å². The molecule has 0 unspecified atom stereocenters. The van der Waals surface area contributed by atoms with Crippen LogP contribution in [0.15, 0.2) is 57.7 Å². The van der Waals surface area contributed by atoms with Gasteiger partial charge < -0.3 is 14.5 Å². The van der Waals surface area contributed by atoms with Gasteiger partial charge in [0, 0.05) is 17.2 Å². The number of carbonyl (C=O) groups excluding carboxylic acids is 2. The second kappa shape index (κ2) is 9.16. The lowest BCUT2D eigenvalue weighted by Gasteiger charge is -2.22. The minimum atomic E-state index is -0.699. The number of ether oxygens (including phenoxy) is 1. The Bertz CT molecular complexity index is 1160. The van der Waals surface area contributed by atoms with Crippen molar-refractivity contribution in [3.63, 3.8) is 0 Å². The second-order valence-corrected chi connectivity index (χ2v) is 7.91. The number of hydrogen-bond donors (Lipinski definition) is 1. The molecule has 1 amide bonds.